The molecule has 15 rings (SSSR count). The molecule has 13 aromatic rings. The number of hydrogen-bond donors (Lipinski definition) is 0. The van der Waals surface area contributed by atoms with Gasteiger partial charge in [0.2, 0.25) is 0 Å². The van der Waals surface area contributed by atoms with E-state index in [4.69, 9.17) is 0 Å². The van der Waals surface area contributed by atoms with Gasteiger partial charge in [0.15, 0.2) is 0 Å². The van der Waals surface area contributed by atoms with Crippen molar-refractivity contribution in [2.45, 2.75) is 76.0 Å². The molecule has 2 fully saturated rings. The van der Waals surface area contributed by atoms with E-state index in [9.17, 15) is 19.2 Å². The largest absolute Gasteiger partial charge is 0.310 e. The van der Waals surface area contributed by atoms with Crippen molar-refractivity contribution in [3.8, 4) is 0 Å². The molecule has 70 heavy (non-hydrogen) atoms. The van der Waals surface area contributed by atoms with Crippen LogP contribution in [-0.4, -0.2) is 8.80 Å². The molecule has 0 bridgehead atoms. The molecule has 2 aliphatic carbocycles. The Morgan fingerprint density at radius 3 is 1.14 bits per heavy atom. The van der Waals surface area contributed by atoms with E-state index in [0.29, 0.717) is 34.6 Å². The highest BCUT2D eigenvalue weighted by Gasteiger charge is 2.27. The third-order valence-corrected chi connectivity index (χ3v) is 15.6. The maximum absolute atomic E-state index is 10.5. The molecule has 2 saturated carbocycles. The lowest BCUT2D eigenvalue weighted by Gasteiger charge is -2.27. The monoisotopic (exact) mass is 917 g/mol. The standard InChI is InChI=1S/C66H54N4/c1-5-17-43(18-6-1)45-33-37-49(38-34-45)67(47-21-9-3-10-22-47)57-29-15-31-59-63(57)53-27-13-25-51-55-42-62-56(41-61(55)69(59)65(51)53)52-26-14-28-54-64-58(30-16-32-60(64)70(62)66(52)54)68(48-23-11-4-12-24-48)50-39-35-46(36-40-50)44-19-7-2-8-20-44/h3-4,9-16,21-44H,1-2,5-8,17-20H2/i13D,14D,15D,16D,25D,26D,27D,28D,29D,30D,31D,32D,41D,42D. The predicted molar refractivity (Wildman–Crippen MR) is 297 cm³/mol. The Morgan fingerprint density at radius 1 is 0.357 bits per heavy atom. The second-order valence-electron chi connectivity index (χ2n) is 19.4. The Balaban J connectivity index is 1.08. The van der Waals surface area contributed by atoms with Crippen LogP contribution >= 0.6 is 0 Å². The van der Waals surface area contributed by atoms with Crippen molar-refractivity contribution in [3.63, 3.8) is 0 Å². The molecule has 9 aromatic carbocycles. The van der Waals surface area contributed by atoms with E-state index in [1.54, 1.807) is 0 Å². The molecule has 4 heterocycles. The fourth-order valence-corrected chi connectivity index (χ4v) is 12.4. The molecule has 2 aliphatic rings. The number of nitrogens with zero attached hydrogens (tertiary/aromatic N) is 4. The molecule has 0 amide bonds. The van der Waals surface area contributed by atoms with Crippen molar-refractivity contribution in [2.75, 3.05) is 9.80 Å². The highest BCUT2D eigenvalue weighted by molar-refractivity contribution is 6.31. The maximum atomic E-state index is 10.5. The summed E-state index contributed by atoms with van der Waals surface area (Å²) in [5, 5.41) is 0.522. The van der Waals surface area contributed by atoms with Crippen LogP contribution in [0.1, 0.15) is 106 Å². The molecule has 338 valence electrons. The summed E-state index contributed by atoms with van der Waals surface area (Å²) >= 11 is 0. The number of fused-ring (bicyclic) bond motifs is 12. The van der Waals surface area contributed by atoms with Gasteiger partial charge in [0, 0.05) is 65.8 Å². The Kier molecular flexibility index (Phi) is 6.49. The number of aromatic nitrogens is 2. The van der Waals surface area contributed by atoms with Gasteiger partial charge in [-0.1, -0.05) is 148 Å². The predicted octanol–water partition coefficient (Wildman–Crippen LogP) is 19.0. The van der Waals surface area contributed by atoms with Gasteiger partial charge in [-0.3, -0.25) is 0 Å². The van der Waals surface area contributed by atoms with Crippen LogP contribution in [0.5, 0.6) is 0 Å². The molecule has 0 radical (unpaired) electrons. The Labute approximate surface area is 428 Å². The Bertz CT molecular complexity index is 4590. The zero-order valence-corrected chi connectivity index (χ0v) is 38.4. The number of para-hydroxylation sites is 4. The third-order valence-electron chi connectivity index (χ3n) is 15.6. The molecule has 0 saturated heterocycles. The van der Waals surface area contributed by atoms with Crippen LogP contribution in [0.15, 0.2) is 194 Å². The lowest BCUT2D eigenvalue weighted by Crippen LogP contribution is -2.11. The first-order valence-corrected chi connectivity index (χ1v) is 24.9. The summed E-state index contributed by atoms with van der Waals surface area (Å²) in [6.45, 7) is 0. The molecular weight excluding hydrogens is 849 g/mol. The zero-order chi connectivity index (χ0) is 58.0. The van der Waals surface area contributed by atoms with E-state index in [0.717, 1.165) is 51.4 Å². The molecule has 0 aliphatic heterocycles. The SMILES string of the molecule is [2H]c1c([2H])c([2H])c2c(c1N(c1ccccc1)c1ccc(C3CCCCC3)cc1)c1c([2H])c([2H])c([2H])c3c4c([2H])c5c(c([2H])c4n2c13)c1c([2H])c([2H])c([2H])c2c3c(N(c4ccccc4)c4ccc(C6CCCCC6)cc4)c([2H])c([2H])c([2H])c3n5c21. The molecule has 0 N–H and O–H groups in total. The summed E-state index contributed by atoms with van der Waals surface area (Å²) < 4.78 is 141. The fraction of sp³-hybridized carbons (Fsp3) is 0.182. The topological polar surface area (TPSA) is 15.3 Å². The lowest BCUT2D eigenvalue weighted by molar-refractivity contribution is 0.443. The minimum absolute atomic E-state index is 0.00902. The van der Waals surface area contributed by atoms with Crippen molar-refractivity contribution in [2.24, 2.45) is 0 Å². The second-order valence-corrected chi connectivity index (χ2v) is 19.4. The van der Waals surface area contributed by atoms with Gasteiger partial charge in [0.1, 0.15) is 0 Å². The first-order chi connectivity index (χ1) is 40.6. The van der Waals surface area contributed by atoms with E-state index in [1.807, 2.05) is 94.7 Å². The summed E-state index contributed by atoms with van der Waals surface area (Å²) in [4.78, 5) is 3.66. The number of rotatable bonds is 8. The molecule has 0 spiro atoms. The van der Waals surface area contributed by atoms with Gasteiger partial charge in [0.05, 0.1) is 63.7 Å². The van der Waals surface area contributed by atoms with Crippen molar-refractivity contribution >= 4 is 110 Å². The van der Waals surface area contributed by atoms with Crippen LogP contribution in [-0.2, 0) is 0 Å². The van der Waals surface area contributed by atoms with E-state index in [1.165, 1.54) is 32.8 Å². The van der Waals surface area contributed by atoms with E-state index in [2.05, 4.69) is 24.3 Å². The molecule has 0 unspecified atom stereocenters. The first kappa shape index (κ1) is 28.6. The molecule has 4 heteroatoms. The molecule has 0 atom stereocenters. The van der Waals surface area contributed by atoms with Crippen molar-refractivity contribution in [1.82, 2.24) is 8.80 Å². The van der Waals surface area contributed by atoms with Crippen LogP contribution in [0.2, 0.25) is 0 Å². The average Bonchev–Trinajstić information content (AvgIpc) is 1.57. The lowest BCUT2D eigenvalue weighted by atomic mass is 9.84. The van der Waals surface area contributed by atoms with Gasteiger partial charge in [-0.15, -0.1) is 0 Å². The number of benzene rings is 9. The quantitative estimate of drug-likeness (QED) is 0.151. The van der Waals surface area contributed by atoms with E-state index in [-0.39, 0.29) is 124 Å². The summed E-state index contributed by atoms with van der Waals surface area (Å²) in [5.41, 5.74) is 5.46. The van der Waals surface area contributed by atoms with Crippen LogP contribution < -0.4 is 9.80 Å². The molecular formula is C66H54N4. The molecule has 4 aromatic heterocycles. The number of hydrogen-bond acceptors (Lipinski definition) is 2. The minimum atomic E-state index is -0.506. The van der Waals surface area contributed by atoms with E-state index < -0.39 is 48.3 Å². The summed E-state index contributed by atoms with van der Waals surface area (Å²) in [6.07, 6.45) is 11.4. The summed E-state index contributed by atoms with van der Waals surface area (Å²) in [6, 6.07) is 29.3. The summed E-state index contributed by atoms with van der Waals surface area (Å²) in [7, 11) is 0. The van der Waals surface area contributed by atoms with Crippen molar-refractivity contribution in [3.05, 3.63) is 205 Å². The van der Waals surface area contributed by atoms with Crippen LogP contribution in [0.4, 0.5) is 34.1 Å². The second kappa shape index (κ2) is 15.9. The van der Waals surface area contributed by atoms with Gasteiger partial charge >= 0.3 is 0 Å². The smallest absolute Gasteiger partial charge is 0.0653 e. The molecule has 4 nitrogen and oxygen atoms in total. The third kappa shape index (κ3) is 5.95. The first-order valence-electron chi connectivity index (χ1n) is 31.9. The van der Waals surface area contributed by atoms with E-state index >= 15 is 0 Å². The van der Waals surface area contributed by atoms with Crippen molar-refractivity contribution in [1.29, 1.82) is 0 Å². The van der Waals surface area contributed by atoms with Crippen LogP contribution in [0.25, 0.3) is 76.2 Å². The fourth-order valence-electron chi connectivity index (χ4n) is 12.4. The Hall–Kier alpha value is -7.82. The number of anilines is 6. The highest BCUT2D eigenvalue weighted by atomic mass is 15.2. The van der Waals surface area contributed by atoms with Crippen molar-refractivity contribution < 1.29 is 19.2 Å². The van der Waals surface area contributed by atoms with Crippen LogP contribution in [0, 0.1) is 0 Å². The van der Waals surface area contributed by atoms with Gasteiger partial charge in [-0.25, -0.2) is 0 Å². The maximum Gasteiger partial charge on any atom is 0.0653 e. The van der Waals surface area contributed by atoms with Crippen LogP contribution in [0.3, 0.4) is 0 Å². The highest BCUT2D eigenvalue weighted by Crippen LogP contribution is 2.50. The Morgan fingerprint density at radius 2 is 0.729 bits per heavy atom. The normalized spacial score (nSPS) is 18.1. The van der Waals surface area contributed by atoms with Gasteiger partial charge < -0.3 is 18.6 Å². The summed E-state index contributed by atoms with van der Waals surface area (Å²) in [5.74, 6) is 0.806. The van der Waals surface area contributed by atoms with Gasteiger partial charge in [0.25, 0.3) is 0 Å². The van der Waals surface area contributed by atoms with Gasteiger partial charge in [-0.2, -0.15) is 0 Å². The minimum Gasteiger partial charge on any atom is -0.310 e. The van der Waals surface area contributed by atoms with Gasteiger partial charge in [-0.05, 0) is 133 Å². The zero-order valence-electron chi connectivity index (χ0n) is 52.4. The average molecular weight is 917 g/mol.